The van der Waals surface area contributed by atoms with Gasteiger partial charge in [0.25, 0.3) is 0 Å². The predicted octanol–water partition coefficient (Wildman–Crippen LogP) is 1.59. The Morgan fingerprint density at radius 3 is 3.00 bits per heavy atom. The van der Waals surface area contributed by atoms with Crippen LogP contribution >= 0.6 is 0 Å². The van der Waals surface area contributed by atoms with Crippen molar-refractivity contribution in [1.82, 2.24) is 10.2 Å². The van der Waals surface area contributed by atoms with E-state index in [9.17, 15) is 13.6 Å². The van der Waals surface area contributed by atoms with Gasteiger partial charge in [-0.3, -0.25) is 9.69 Å². The summed E-state index contributed by atoms with van der Waals surface area (Å²) in [5.41, 5.74) is -0.120. The highest BCUT2D eigenvalue weighted by atomic mass is 19.1. The van der Waals surface area contributed by atoms with E-state index in [2.05, 4.69) is 10.6 Å². The fourth-order valence-corrected chi connectivity index (χ4v) is 2.35. The molecule has 1 aromatic rings. The monoisotopic (exact) mass is 283 g/mol. The number of rotatable bonds is 4. The molecule has 1 unspecified atom stereocenters. The minimum atomic E-state index is -0.637. The van der Waals surface area contributed by atoms with Gasteiger partial charge < -0.3 is 10.6 Å². The van der Waals surface area contributed by atoms with Gasteiger partial charge in [-0.2, -0.15) is 0 Å². The number of hydrogen-bond donors (Lipinski definition) is 2. The second-order valence-corrected chi connectivity index (χ2v) is 5.09. The van der Waals surface area contributed by atoms with Crippen LogP contribution in [0.25, 0.3) is 0 Å². The van der Waals surface area contributed by atoms with Gasteiger partial charge in [-0.15, -0.1) is 0 Å². The van der Waals surface area contributed by atoms with Crippen LogP contribution in [-0.2, 0) is 4.79 Å². The van der Waals surface area contributed by atoms with Crippen LogP contribution in [0.15, 0.2) is 18.2 Å². The fraction of sp³-hybridized carbons (Fsp3) is 0.500. The van der Waals surface area contributed by atoms with Crippen molar-refractivity contribution in [3.8, 4) is 0 Å². The second kappa shape index (κ2) is 6.76. The molecule has 0 bridgehead atoms. The molecule has 110 valence electrons. The topological polar surface area (TPSA) is 44.4 Å². The summed E-state index contributed by atoms with van der Waals surface area (Å²) in [7, 11) is 1.86. The van der Waals surface area contributed by atoms with Gasteiger partial charge >= 0.3 is 0 Å². The zero-order chi connectivity index (χ0) is 14.5. The Hall–Kier alpha value is -1.53. The van der Waals surface area contributed by atoms with Crippen molar-refractivity contribution in [3.05, 3.63) is 29.8 Å². The number of piperidine rings is 1. The van der Waals surface area contributed by atoms with E-state index >= 15 is 0 Å². The highest BCUT2D eigenvalue weighted by molar-refractivity contribution is 5.92. The molecule has 1 saturated heterocycles. The third-order valence-electron chi connectivity index (χ3n) is 3.49. The summed E-state index contributed by atoms with van der Waals surface area (Å²) in [6, 6.07) is 3.30. The molecule has 1 fully saturated rings. The van der Waals surface area contributed by atoms with Gasteiger partial charge in [0.05, 0.1) is 12.2 Å². The maximum atomic E-state index is 13.4. The molecule has 2 rings (SSSR count). The van der Waals surface area contributed by atoms with Crippen LogP contribution in [0.2, 0.25) is 0 Å². The smallest absolute Gasteiger partial charge is 0.238 e. The molecule has 1 aliphatic rings. The molecule has 1 amide bonds. The highest BCUT2D eigenvalue weighted by Crippen LogP contribution is 2.15. The van der Waals surface area contributed by atoms with E-state index in [-0.39, 0.29) is 18.1 Å². The molecule has 0 radical (unpaired) electrons. The van der Waals surface area contributed by atoms with E-state index in [0.29, 0.717) is 6.04 Å². The molecular weight excluding hydrogens is 264 g/mol. The van der Waals surface area contributed by atoms with Crippen molar-refractivity contribution in [2.75, 3.05) is 32.0 Å². The van der Waals surface area contributed by atoms with E-state index in [0.717, 1.165) is 44.1 Å². The van der Waals surface area contributed by atoms with Crippen molar-refractivity contribution in [3.63, 3.8) is 0 Å². The average molecular weight is 283 g/mol. The van der Waals surface area contributed by atoms with Gasteiger partial charge in [0.1, 0.15) is 11.6 Å². The summed E-state index contributed by atoms with van der Waals surface area (Å²) in [4.78, 5) is 13.8. The molecule has 0 saturated carbocycles. The number of anilines is 1. The summed E-state index contributed by atoms with van der Waals surface area (Å²) in [5.74, 6) is -1.56. The minimum Gasteiger partial charge on any atom is -0.322 e. The lowest BCUT2D eigenvalue weighted by Gasteiger charge is -2.31. The molecule has 6 heteroatoms. The maximum Gasteiger partial charge on any atom is 0.238 e. The van der Waals surface area contributed by atoms with E-state index < -0.39 is 11.6 Å². The second-order valence-electron chi connectivity index (χ2n) is 5.09. The zero-order valence-corrected chi connectivity index (χ0v) is 11.5. The number of carbonyl (C=O) groups excluding carboxylic acids is 1. The van der Waals surface area contributed by atoms with Crippen LogP contribution in [0, 0.1) is 11.6 Å². The first-order valence-electron chi connectivity index (χ1n) is 6.72. The average Bonchev–Trinajstić information content (AvgIpc) is 2.43. The molecule has 1 aromatic carbocycles. The van der Waals surface area contributed by atoms with Crippen molar-refractivity contribution in [1.29, 1.82) is 0 Å². The Labute approximate surface area is 117 Å². The van der Waals surface area contributed by atoms with E-state index in [1.165, 1.54) is 0 Å². The van der Waals surface area contributed by atoms with Gasteiger partial charge in [0.2, 0.25) is 5.91 Å². The molecular formula is C14H19F2N3O. The third kappa shape index (κ3) is 3.98. The number of halogens is 2. The van der Waals surface area contributed by atoms with Gasteiger partial charge in [-0.25, -0.2) is 8.78 Å². The van der Waals surface area contributed by atoms with Crippen LogP contribution in [-0.4, -0.2) is 43.5 Å². The molecule has 0 spiro atoms. The summed E-state index contributed by atoms with van der Waals surface area (Å²) in [6.45, 7) is 2.01. The van der Waals surface area contributed by atoms with Crippen molar-refractivity contribution >= 4 is 11.6 Å². The Morgan fingerprint density at radius 1 is 1.50 bits per heavy atom. The molecule has 1 heterocycles. The predicted molar refractivity (Wildman–Crippen MR) is 73.5 cm³/mol. The first kappa shape index (κ1) is 14.9. The van der Waals surface area contributed by atoms with Crippen molar-refractivity contribution < 1.29 is 13.6 Å². The van der Waals surface area contributed by atoms with E-state index in [1.54, 1.807) is 0 Å². The summed E-state index contributed by atoms with van der Waals surface area (Å²) < 4.78 is 26.4. The van der Waals surface area contributed by atoms with Crippen molar-refractivity contribution in [2.45, 2.75) is 18.9 Å². The normalized spacial score (nSPS) is 19.1. The molecule has 0 aromatic heterocycles. The quantitative estimate of drug-likeness (QED) is 0.882. The van der Waals surface area contributed by atoms with E-state index in [1.807, 2.05) is 11.9 Å². The Bertz CT molecular complexity index is 475. The molecule has 1 aliphatic heterocycles. The van der Waals surface area contributed by atoms with Crippen LogP contribution in [0.5, 0.6) is 0 Å². The van der Waals surface area contributed by atoms with Crippen LogP contribution in [0.1, 0.15) is 12.8 Å². The third-order valence-corrected chi connectivity index (χ3v) is 3.49. The van der Waals surface area contributed by atoms with Crippen LogP contribution < -0.4 is 10.6 Å². The number of carbonyl (C=O) groups is 1. The maximum absolute atomic E-state index is 13.4. The van der Waals surface area contributed by atoms with Crippen LogP contribution in [0.3, 0.4) is 0 Å². The molecule has 0 aliphatic carbocycles. The number of amides is 1. The lowest BCUT2D eigenvalue weighted by molar-refractivity contribution is -0.117. The van der Waals surface area contributed by atoms with Gasteiger partial charge in [0, 0.05) is 18.7 Å². The molecule has 2 N–H and O–H groups in total. The highest BCUT2D eigenvalue weighted by Gasteiger charge is 2.20. The number of nitrogens with zero attached hydrogens (tertiary/aromatic N) is 1. The Balaban J connectivity index is 1.89. The molecule has 1 atom stereocenters. The molecule has 20 heavy (non-hydrogen) atoms. The number of hydrogen-bond acceptors (Lipinski definition) is 3. The van der Waals surface area contributed by atoms with Gasteiger partial charge in [0.15, 0.2) is 0 Å². The first-order chi connectivity index (χ1) is 9.56. The largest absolute Gasteiger partial charge is 0.322 e. The molecule has 4 nitrogen and oxygen atoms in total. The number of benzene rings is 1. The number of likely N-dealkylation sites (N-methyl/N-ethyl adjacent to an activating group) is 1. The van der Waals surface area contributed by atoms with Crippen molar-refractivity contribution in [2.24, 2.45) is 0 Å². The Kier molecular flexibility index (Phi) is 5.03. The SMILES string of the molecule is CN(CC(=O)Nc1cc(F)ccc1F)C1CCCNC1. The van der Waals surface area contributed by atoms with Gasteiger partial charge in [-0.05, 0) is 38.6 Å². The summed E-state index contributed by atoms with van der Waals surface area (Å²) in [6.07, 6.45) is 2.11. The number of nitrogens with one attached hydrogen (secondary N) is 2. The standard InChI is InChI=1S/C14H19F2N3O/c1-19(11-3-2-6-17-8-11)9-14(20)18-13-7-10(15)4-5-12(13)16/h4-5,7,11,17H,2-3,6,8-9H2,1H3,(H,18,20). The fourth-order valence-electron chi connectivity index (χ4n) is 2.35. The van der Waals surface area contributed by atoms with E-state index in [4.69, 9.17) is 0 Å². The lowest BCUT2D eigenvalue weighted by Crippen LogP contribution is -2.46. The Morgan fingerprint density at radius 2 is 2.30 bits per heavy atom. The minimum absolute atomic E-state index is 0.120. The summed E-state index contributed by atoms with van der Waals surface area (Å²) >= 11 is 0. The van der Waals surface area contributed by atoms with Crippen LogP contribution in [0.4, 0.5) is 14.5 Å². The summed E-state index contributed by atoms with van der Waals surface area (Å²) in [5, 5.41) is 5.68. The van der Waals surface area contributed by atoms with Gasteiger partial charge in [-0.1, -0.05) is 0 Å². The first-order valence-corrected chi connectivity index (χ1v) is 6.72. The lowest BCUT2D eigenvalue weighted by atomic mass is 10.1. The zero-order valence-electron chi connectivity index (χ0n) is 11.5.